The summed E-state index contributed by atoms with van der Waals surface area (Å²) in [5, 5.41) is 20.6. The average Bonchev–Trinajstić information content (AvgIpc) is 3.49. The third-order valence-corrected chi connectivity index (χ3v) is 6.97. The lowest BCUT2D eigenvalue weighted by Crippen LogP contribution is -2.34. The fourth-order valence-electron chi connectivity index (χ4n) is 3.84. The van der Waals surface area contributed by atoms with Gasteiger partial charge in [-0.15, -0.1) is 11.8 Å². The topological polar surface area (TPSA) is 120 Å². The van der Waals surface area contributed by atoms with Crippen LogP contribution in [0.2, 0.25) is 5.02 Å². The number of carbonyl (C=O) groups is 1. The molecule has 0 bridgehead atoms. The molecule has 10 nitrogen and oxygen atoms in total. The second kappa shape index (κ2) is 10.6. The molecule has 1 aromatic heterocycles. The van der Waals surface area contributed by atoms with Gasteiger partial charge in [-0.1, -0.05) is 11.6 Å². The molecular weight excluding hydrogens is 496 g/mol. The second-order valence-corrected chi connectivity index (χ2v) is 9.29. The second-order valence-electron chi connectivity index (χ2n) is 7.79. The van der Waals surface area contributed by atoms with Crippen molar-refractivity contribution >= 4 is 40.8 Å². The number of ether oxygens (including phenoxy) is 2. The zero-order valence-electron chi connectivity index (χ0n) is 18.7. The van der Waals surface area contributed by atoms with Crippen molar-refractivity contribution in [3.05, 3.63) is 81.9 Å². The lowest BCUT2D eigenvalue weighted by molar-refractivity contribution is -0.384. The standard InChI is InChI=1S/C23H23ClN4O6S/c1-2-27(22(29)30)16-3-6-19(7-4-16)35-13-18-12-33-23(34-18,14-26-10-9-25-15-26)20-8-5-17(28(31)32)11-21(20)24/h3-11,15,18H,2,12-14H2,1H3,(H,29,30)/t18-,23+/m0/s1. The smallest absolute Gasteiger partial charge is 0.411 e. The van der Waals surface area contributed by atoms with Crippen LogP contribution in [-0.2, 0) is 21.8 Å². The summed E-state index contributed by atoms with van der Waals surface area (Å²) >= 11 is 7.99. The van der Waals surface area contributed by atoms with Crippen molar-refractivity contribution in [2.75, 3.05) is 23.8 Å². The van der Waals surface area contributed by atoms with E-state index in [1.807, 2.05) is 12.1 Å². The molecule has 35 heavy (non-hydrogen) atoms. The number of benzene rings is 2. The van der Waals surface area contributed by atoms with E-state index in [1.54, 1.807) is 60.2 Å². The van der Waals surface area contributed by atoms with Crippen molar-refractivity contribution in [3.8, 4) is 0 Å². The van der Waals surface area contributed by atoms with Crippen LogP contribution in [0.4, 0.5) is 16.2 Å². The molecule has 4 rings (SSSR count). The van der Waals surface area contributed by atoms with Crippen LogP contribution in [-0.4, -0.2) is 50.7 Å². The fraction of sp³-hybridized carbons (Fsp3) is 0.304. The van der Waals surface area contributed by atoms with Gasteiger partial charge < -0.3 is 19.1 Å². The lowest BCUT2D eigenvalue weighted by Gasteiger charge is -2.29. The normalized spacial score (nSPS) is 19.5. The maximum Gasteiger partial charge on any atom is 0.411 e. The van der Waals surface area contributed by atoms with Gasteiger partial charge >= 0.3 is 6.09 Å². The molecule has 2 atom stereocenters. The van der Waals surface area contributed by atoms with Crippen LogP contribution < -0.4 is 4.90 Å². The number of thioether (sulfide) groups is 1. The Labute approximate surface area is 210 Å². The first-order chi connectivity index (χ1) is 16.8. The minimum atomic E-state index is -1.23. The Balaban J connectivity index is 1.49. The van der Waals surface area contributed by atoms with Crippen LogP contribution in [0.25, 0.3) is 0 Å². The number of imidazole rings is 1. The maximum absolute atomic E-state index is 11.3. The maximum atomic E-state index is 11.3. The van der Waals surface area contributed by atoms with Crippen molar-refractivity contribution in [1.29, 1.82) is 0 Å². The van der Waals surface area contributed by atoms with E-state index in [-0.39, 0.29) is 23.4 Å². The Morgan fingerprint density at radius 1 is 1.37 bits per heavy atom. The van der Waals surface area contributed by atoms with E-state index >= 15 is 0 Å². The van der Waals surface area contributed by atoms with E-state index in [9.17, 15) is 20.0 Å². The number of nitrogens with zero attached hydrogens (tertiary/aromatic N) is 4. The molecule has 0 saturated carbocycles. The lowest BCUT2D eigenvalue weighted by atomic mass is 10.0. The number of rotatable bonds is 9. The highest BCUT2D eigenvalue weighted by Crippen LogP contribution is 2.41. The Morgan fingerprint density at radius 3 is 2.74 bits per heavy atom. The van der Waals surface area contributed by atoms with Crippen molar-refractivity contribution in [1.82, 2.24) is 9.55 Å². The zero-order valence-corrected chi connectivity index (χ0v) is 20.3. The predicted molar refractivity (Wildman–Crippen MR) is 131 cm³/mol. The number of anilines is 1. The van der Waals surface area contributed by atoms with Crippen LogP contribution in [0.5, 0.6) is 0 Å². The number of hydrogen-bond acceptors (Lipinski definition) is 7. The summed E-state index contributed by atoms with van der Waals surface area (Å²) in [6.07, 6.45) is 3.77. The van der Waals surface area contributed by atoms with Crippen molar-refractivity contribution < 1.29 is 24.3 Å². The zero-order chi connectivity index (χ0) is 25.0. The summed E-state index contributed by atoms with van der Waals surface area (Å²) in [7, 11) is 0. The molecule has 3 aromatic rings. The van der Waals surface area contributed by atoms with Gasteiger partial charge in [-0.05, 0) is 37.3 Å². The number of aromatic nitrogens is 2. The highest BCUT2D eigenvalue weighted by Gasteiger charge is 2.45. The number of nitro benzene ring substituents is 1. The third-order valence-electron chi connectivity index (χ3n) is 5.51. The summed E-state index contributed by atoms with van der Waals surface area (Å²) in [5.74, 6) is -0.656. The third kappa shape index (κ3) is 5.59. The molecule has 0 spiro atoms. The molecule has 1 fully saturated rings. The molecule has 0 unspecified atom stereocenters. The number of halogens is 1. The van der Waals surface area contributed by atoms with E-state index in [0.29, 0.717) is 30.2 Å². The fourth-order valence-corrected chi connectivity index (χ4v) is 5.03. The van der Waals surface area contributed by atoms with Gasteiger partial charge in [-0.3, -0.25) is 15.0 Å². The molecule has 1 N–H and O–H groups in total. The van der Waals surface area contributed by atoms with Gasteiger partial charge in [-0.2, -0.15) is 0 Å². The molecule has 184 valence electrons. The quantitative estimate of drug-likeness (QED) is 0.238. The number of amides is 1. The molecule has 0 aliphatic carbocycles. The Bertz CT molecular complexity index is 1190. The average molecular weight is 519 g/mol. The number of nitro groups is 1. The summed E-state index contributed by atoms with van der Waals surface area (Å²) in [4.78, 5) is 28.2. The molecule has 1 aliphatic heterocycles. The molecule has 2 heterocycles. The monoisotopic (exact) mass is 518 g/mol. The molecule has 2 aromatic carbocycles. The van der Waals surface area contributed by atoms with Crippen LogP contribution in [0.15, 0.2) is 66.1 Å². The highest BCUT2D eigenvalue weighted by atomic mass is 35.5. The van der Waals surface area contributed by atoms with Gasteiger partial charge in [0.1, 0.15) is 0 Å². The predicted octanol–water partition coefficient (Wildman–Crippen LogP) is 5.01. The molecule has 12 heteroatoms. The SMILES string of the molecule is CCN(C(=O)O)c1ccc(SC[C@@H]2CO[C@@](Cn3ccnc3)(c3ccc([N+](=O)[O-])cc3Cl)O2)cc1. The van der Waals surface area contributed by atoms with Crippen molar-refractivity contribution in [2.24, 2.45) is 0 Å². The number of hydrogen-bond donors (Lipinski definition) is 1. The minimum absolute atomic E-state index is 0.116. The van der Waals surface area contributed by atoms with Crippen LogP contribution >= 0.6 is 23.4 Å². The van der Waals surface area contributed by atoms with Gasteiger partial charge in [-0.25, -0.2) is 9.78 Å². The molecule has 1 aliphatic rings. The minimum Gasteiger partial charge on any atom is -0.465 e. The Kier molecular flexibility index (Phi) is 7.60. The van der Waals surface area contributed by atoms with Gasteiger partial charge in [0.15, 0.2) is 0 Å². The van der Waals surface area contributed by atoms with E-state index in [2.05, 4.69) is 4.98 Å². The van der Waals surface area contributed by atoms with E-state index in [0.717, 1.165) is 4.90 Å². The van der Waals surface area contributed by atoms with E-state index < -0.39 is 16.8 Å². The Morgan fingerprint density at radius 2 is 2.14 bits per heavy atom. The summed E-state index contributed by atoms with van der Waals surface area (Å²) in [6, 6.07) is 11.5. The Hall–Kier alpha value is -3.12. The molecule has 1 saturated heterocycles. The molecule has 1 amide bonds. The van der Waals surface area contributed by atoms with Crippen LogP contribution in [0.1, 0.15) is 12.5 Å². The van der Waals surface area contributed by atoms with Crippen molar-refractivity contribution in [2.45, 2.75) is 30.3 Å². The summed E-state index contributed by atoms with van der Waals surface area (Å²) in [6.45, 7) is 2.71. The molecule has 0 radical (unpaired) electrons. The largest absolute Gasteiger partial charge is 0.465 e. The van der Waals surface area contributed by atoms with Crippen molar-refractivity contribution in [3.63, 3.8) is 0 Å². The first kappa shape index (κ1) is 25.0. The number of carboxylic acid groups (broad SMARTS) is 1. The highest BCUT2D eigenvalue weighted by molar-refractivity contribution is 7.99. The van der Waals surface area contributed by atoms with Crippen LogP contribution in [0, 0.1) is 10.1 Å². The first-order valence-corrected chi connectivity index (χ1v) is 12.1. The number of non-ortho nitro benzene ring substituents is 1. The van der Waals surface area contributed by atoms with Gasteiger partial charge in [0.05, 0.1) is 35.5 Å². The van der Waals surface area contributed by atoms with Gasteiger partial charge in [0.2, 0.25) is 5.79 Å². The summed E-state index contributed by atoms with van der Waals surface area (Å²) in [5.41, 5.74) is 0.996. The van der Waals surface area contributed by atoms with E-state index in [1.165, 1.54) is 17.0 Å². The first-order valence-electron chi connectivity index (χ1n) is 10.8. The van der Waals surface area contributed by atoms with Gasteiger partial charge in [0.25, 0.3) is 5.69 Å². The summed E-state index contributed by atoms with van der Waals surface area (Å²) < 4.78 is 14.4. The van der Waals surface area contributed by atoms with Crippen LogP contribution in [0.3, 0.4) is 0 Å². The van der Waals surface area contributed by atoms with E-state index in [4.69, 9.17) is 21.1 Å². The molecular formula is C23H23ClN4O6S. The van der Waals surface area contributed by atoms with Gasteiger partial charge in [0, 0.05) is 53.0 Å².